The number of rotatable bonds is 6. The summed E-state index contributed by atoms with van der Waals surface area (Å²) in [6.07, 6.45) is 3.27. The molecule has 1 fully saturated rings. The number of hydrogen-bond donors (Lipinski definition) is 1. The Bertz CT molecular complexity index is 646. The van der Waals surface area contributed by atoms with Crippen molar-refractivity contribution in [2.24, 2.45) is 10.2 Å². The fourth-order valence-corrected chi connectivity index (χ4v) is 3.04. The quantitative estimate of drug-likeness (QED) is 0.325. The molecule has 1 N–H and O–H groups in total. The highest BCUT2D eigenvalue weighted by molar-refractivity contribution is 14.1. The molecule has 2 rings (SSSR count). The van der Waals surface area contributed by atoms with E-state index < -0.39 is 0 Å². The third-order valence-corrected chi connectivity index (χ3v) is 4.20. The highest BCUT2D eigenvalue weighted by atomic mass is 127. The van der Waals surface area contributed by atoms with Crippen LogP contribution in [0.2, 0.25) is 0 Å². The molecule has 0 aromatic heterocycles. The van der Waals surface area contributed by atoms with Crippen molar-refractivity contribution < 1.29 is 14.3 Å². The molecule has 1 amide bonds. The average Bonchev–Trinajstić information content (AvgIpc) is 2.91. The minimum absolute atomic E-state index is 0.0566. The maximum Gasteiger partial charge on any atom is 0.236 e. The number of amidine groups is 1. The van der Waals surface area contributed by atoms with E-state index in [1.165, 1.54) is 11.8 Å². The number of benzene rings is 1. The van der Waals surface area contributed by atoms with Crippen LogP contribution in [0.3, 0.4) is 0 Å². The summed E-state index contributed by atoms with van der Waals surface area (Å²) >= 11 is 3.50. The second kappa shape index (κ2) is 8.18. The predicted molar refractivity (Wildman–Crippen MR) is 97.0 cm³/mol. The van der Waals surface area contributed by atoms with Gasteiger partial charge in [-0.05, 0) is 40.3 Å². The summed E-state index contributed by atoms with van der Waals surface area (Å²) < 4.78 is 11.8. The Hall–Kier alpha value is -1.55. The molecule has 1 saturated heterocycles. The zero-order chi connectivity index (χ0) is 15.9. The summed E-state index contributed by atoms with van der Waals surface area (Å²) in [6.45, 7) is 4.03. The molecule has 0 atom stereocenters. The Morgan fingerprint density at radius 1 is 1.55 bits per heavy atom. The molecular weight excluding hydrogens is 417 g/mol. The lowest BCUT2D eigenvalue weighted by atomic mass is 10.2. The van der Waals surface area contributed by atoms with Crippen molar-refractivity contribution in [2.45, 2.75) is 0 Å². The fraction of sp³-hybridized carbons (Fsp3) is 0.214. The lowest BCUT2D eigenvalue weighted by Crippen LogP contribution is -2.19. The van der Waals surface area contributed by atoms with Gasteiger partial charge >= 0.3 is 0 Å². The zero-order valence-corrected chi connectivity index (χ0v) is 14.8. The summed E-state index contributed by atoms with van der Waals surface area (Å²) in [5, 5.41) is 11.1. The number of hydrogen-bond acceptors (Lipinski definition) is 6. The minimum Gasteiger partial charge on any atom is -0.493 e. The molecule has 8 heteroatoms. The van der Waals surface area contributed by atoms with Crippen LogP contribution < -0.4 is 14.8 Å². The molecule has 0 unspecified atom stereocenters. The molecule has 116 valence electrons. The van der Waals surface area contributed by atoms with E-state index in [0.29, 0.717) is 29.0 Å². The van der Waals surface area contributed by atoms with Gasteiger partial charge in [0.1, 0.15) is 6.61 Å². The Morgan fingerprint density at radius 3 is 3.00 bits per heavy atom. The van der Waals surface area contributed by atoms with Crippen molar-refractivity contribution in [2.75, 3.05) is 19.5 Å². The van der Waals surface area contributed by atoms with E-state index in [1.807, 2.05) is 12.1 Å². The smallest absolute Gasteiger partial charge is 0.236 e. The largest absolute Gasteiger partial charge is 0.493 e. The summed E-state index contributed by atoms with van der Waals surface area (Å²) in [5.41, 5.74) is 0.825. The van der Waals surface area contributed by atoms with Crippen molar-refractivity contribution in [3.63, 3.8) is 0 Å². The van der Waals surface area contributed by atoms with E-state index in [9.17, 15) is 4.79 Å². The molecule has 6 nitrogen and oxygen atoms in total. The Morgan fingerprint density at radius 2 is 2.36 bits per heavy atom. The van der Waals surface area contributed by atoms with Crippen LogP contribution in [0.25, 0.3) is 0 Å². The maximum atomic E-state index is 11.0. The first kappa shape index (κ1) is 16.8. The molecule has 0 spiro atoms. The number of carbonyl (C=O) groups is 1. The molecular formula is C14H14IN3O3S. The van der Waals surface area contributed by atoms with Gasteiger partial charge in [0.2, 0.25) is 5.91 Å². The number of ether oxygens (including phenoxy) is 2. The first-order valence-corrected chi connectivity index (χ1v) is 8.35. The predicted octanol–water partition coefficient (Wildman–Crippen LogP) is 2.42. The van der Waals surface area contributed by atoms with Crippen LogP contribution in [0.1, 0.15) is 5.56 Å². The van der Waals surface area contributed by atoms with Crippen molar-refractivity contribution in [3.05, 3.63) is 33.9 Å². The highest BCUT2D eigenvalue weighted by Gasteiger charge is 2.16. The molecule has 1 aromatic rings. The van der Waals surface area contributed by atoms with Crippen LogP contribution in [0, 0.1) is 3.57 Å². The van der Waals surface area contributed by atoms with Gasteiger partial charge in [0.15, 0.2) is 16.7 Å². The number of thioether (sulfide) groups is 1. The van der Waals surface area contributed by atoms with Crippen molar-refractivity contribution in [1.82, 2.24) is 5.32 Å². The minimum atomic E-state index is -0.0566. The zero-order valence-electron chi connectivity index (χ0n) is 11.8. The fourth-order valence-electron chi connectivity index (χ4n) is 1.62. The summed E-state index contributed by atoms with van der Waals surface area (Å²) in [5.74, 6) is 1.62. The summed E-state index contributed by atoms with van der Waals surface area (Å²) in [7, 11) is 1.58. The second-order valence-electron chi connectivity index (χ2n) is 4.12. The van der Waals surface area contributed by atoms with Crippen LogP contribution in [-0.2, 0) is 4.79 Å². The van der Waals surface area contributed by atoms with Crippen LogP contribution in [0.4, 0.5) is 0 Å². The molecule has 0 bridgehead atoms. The van der Waals surface area contributed by atoms with Crippen LogP contribution in [0.15, 0.2) is 35.0 Å². The number of nitrogens with one attached hydrogen (secondary N) is 1. The molecule has 1 heterocycles. The van der Waals surface area contributed by atoms with Gasteiger partial charge < -0.3 is 14.8 Å². The molecule has 0 saturated carbocycles. The highest BCUT2D eigenvalue weighted by Crippen LogP contribution is 2.33. The van der Waals surface area contributed by atoms with E-state index in [4.69, 9.17) is 9.47 Å². The first-order valence-electron chi connectivity index (χ1n) is 6.29. The van der Waals surface area contributed by atoms with Gasteiger partial charge in [-0.1, -0.05) is 24.4 Å². The van der Waals surface area contributed by atoms with Gasteiger partial charge in [-0.25, -0.2) is 0 Å². The molecule has 1 aliphatic rings. The first-order chi connectivity index (χ1) is 10.6. The average molecular weight is 431 g/mol. The van der Waals surface area contributed by atoms with E-state index in [0.717, 1.165) is 9.13 Å². The normalized spacial score (nSPS) is 16.1. The monoisotopic (exact) mass is 431 g/mol. The van der Waals surface area contributed by atoms with Gasteiger partial charge in [-0.2, -0.15) is 5.10 Å². The van der Waals surface area contributed by atoms with E-state index in [2.05, 4.69) is 44.7 Å². The molecule has 0 aliphatic carbocycles. The lowest BCUT2D eigenvalue weighted by Gasteiger charge is -2.12. The molecule has 22 heavy (non-hydrogen) atoms. The number of halogens is 1. The van der Waals surface area contributed by atoms with E-state index in [-0.39, 0.29) is 5.91 Å². The van der Waals surface area contributed by atoms with E-state index >= 15 is 0 Å². The van der Waals surface area contributed by atoms with Gasteiger partial charge in [0, 0.05) is 0 Å². The molecule has 0 radical (unpaired) electrons. The summed E-state index contributed by atoms with van der Waals surface area (Å²) in [4.78, 5) is 11.0. The van der Waals surface area contributed by atoms with Gasteiger partial charge in [0.05, 0.1) is 22.6 Å². The SMILES string of the molecule is C=CCOc1c(I)cc(C=NN=C2NC(=O)CS2)cc1OC. The van der Waals surface area contributed by atoms with Gasteiger partial charge in [-0.3, -0.25) is 4.79 Å². The standard InChI is InChI=1S/C14H14IN3O3S/c1-3-4-21-13-10(15)5-9(6-11(13)20-2)7-16-18-14-17-12(19)8-22-14/h3,5-7H,1,4,8H2,2H3,(H,17,18,19). The number of methoxy groups -OCH3 is 1. The van der Waals surface area contributed by atoms with Crippen molar-refractivity contribution in [3.8, 4) is 11.5 Å². The van der Waals surface area contributed by atoms with Crippen molar-refractivity contribution in [1.29, 1.82) is 0 Å². The second-order valence-corrected chi connectivity index (χ2v) is 6.25. The Balaban J connectivity index is 2.16. The van der Waals surface area contributed by atoms with Crippen molar-refractivity contribution >= 4 is 51.6 Å². The Kier molecular flexibility index (Phi) is 6.25. The van der Waals surface area contributed by atoms with Gasteiger partial charge in [0.25, 0.3) is 0 Å². The topological polar surface area (TPSA) is 72.3 Å². The number of nitrogens with zero attached hydrogens (tertiary/aromatic N) is 2. The number of carbonyl (C=O) groups excluding carboxylic acids is 1. The van der Waals surface area contributed by atoms with E-state index in [1.54, 1.807) is 19.4 Å². The molecule has 1 aliphatic heterocycles. The maximum absolute atomic E-state index is 11.0. The third-order valence-electron chi connectivity index (χ3n) is 2.54. The number of amides is 1. The van der Waals surface area contributed by atoms with Crippen LogP contribution >= 0.6 is 34.4 Å². The molecule has 1 aromatic carbocycles. The lowest BCUT2D eigenvalue weighted by molar-refractivity contribution is -0.116. The van der Waals surface area contributed by atoms with Crippen LogP contribution in [-0.4, -0.2) is 36.8 Å². The third kappa shape index (κ3) is 4.47. The van der Waals surface area contributed by atoms with Crippen LogP contribution in [0.5, 0.6) is 11.5 Å². The Labute approximate surface area is 146 Å². The summed E-state index contributed by atoms with van der Waals surface area (Å²) in [6, 6.07) is 3.72. The van der Waals surface area contributed by atoms with Gasteiger partial charge in [-0.15, -0.1) is 5.10 Å².